The number of anilines is 1. The Morgan fingerprint density at radius 2 is 2.32 bits per heavy atom. The highest BCUT2D eigenvalue weighted by Gasteiger charge is 2.34. The second-order valence-corrected chi connectivity index (χ2v) is 4.32. The summed E-state index contributed by atoms with van der Waals surface area (Å²) in [6.07, 6.45) is 0.327. The van der Waals surface area contributed by atoms with Gasteiger partial charge in [-0.3, -0.25) is 9.69 Å². The number of amides is 1. The Bertz CT molecular complexity index is 515. The average Bonchev–Trinajstić information content (AvgIpc) is 2.41. The van der Waals surface area contributed by atoms with Crippen molar-refractivity contribution in [3.05, 3.63) is 23.8 Å². The largest absolute Gasteiger partial charge is 0.482 e. The molecule has 0 aliphatic carbocycles. The van der Waals surface area contributed by atoms with E-state index in [1.54, 1.807) is 25.1 Å². The zero-order valence-electron chi connectivity index (χ0n) is 10.6. The molecule has 0 bridgehead atoms. The summed E-state index contributed by atoms with van der Waals surface area (Å²) in [5, 5.41) is 9.24. The minimum Gasteiger partial charge on any atom is -0.482 e. The molecule has 102 valence electrons. The molecule has 1 aliphatic heterocycles. The van der Waals surface area contributed by atoms with Crippen LogP contribution in [0.4, 0.5) is 5.69 Å². The maximum Gasteiger partial charge on any atom is 0.326 e. The predicted octanol–water partition coefficient (Wildman–Crippen LogP) is 0.734. The summed E-state index contributed by atoms with van der Waals surface area (Å²) < 4.78 is 5.31. The van der Waals surface area contributed by atoms with Gasteiger partial charge in [0.2, 0.25) is 0 Å². The van der Waals surface area contributed by atoms with Crippen LogP contribution >= 0.6 is 0 Å². The maximum atomic E-state index is 12.0. The summed E-state index contributed by atoms with van der Waals surface area (Å²) in [4.78, 5) is 24.5. The van der Waals surface area contributed by atoms with Gasteiger partial charge in [0.25, 0.3) is 5.91 Å². The quantitative estimate of drug-likeness (QED) is 0.836. The lowest BCUT2D eigenvalue weighted by Gasteiger charge is -2.33. The Labute approximate surface area is 110 Å². The van der Waals surface area contributed by atoms with Crippen molar-refractivity contribution in [2.75, 3.05) is 11.5 Å². The zero-order chi connectivity index (χ0) is 14.0. The molecular formula is C13H16N2O4. The van der Waals surface area contributed by atoms with Gasteiger partial charge in [0.05, 0.1) is 5.69 Å². The van der Waals surface area contributed by atoms with E-state index in [0.717, 1.165) is 5.56 Å². The molecule has 1 unspecified atom stereocenters. The van der Waals surface area contributed by atoms with E-state index in [2.05, 4.69) is 0 Å². The van der Waals surface area contributed by atoms with Gasteiger partial charge in [-0.25, -0.2) is 4.79 Å². The Morgan fingerprint density at radius 3 is 2.89 bits per heavy atom. The smallest absolute Gasteiger partial charge is 0.326 e. The number of carbonyl (C=O) groups is 2. The van der Waals surface area contributed by atoms with Crippen LogP contribution in [0.2, 0.25) is 0 Å². The van der Waals surface area contributed by atoms with Gasteiger partial charge in [0.1, 0.15) is 11.8 Å². The molecule has 6 heteroatoms. The Kier molecular flexibility index (Phi) is 3.71. The van der Waals surface area contributed by atoms with E-state index in [4.69, 9.17) is 10.5 Å². The van der Waals surface area contributed by atoms with E-state index in [0.29, 0.717) is 24.4 Å². The fourth-order valence-electron chi connectivity index (χ4n) is 2.15. The lowest BCUT2D eigenvalue weighted by atomic mass is 10.1. The molecule has 1 atom stereocenters. The van der Waals surface area contributed by atoms with E-state index < -0.39 is 12.0 Å². The predicted molar refractivity (Wildman–Crippen MR) is 69.0 cm³/mol. The molecular weight excluding hydrogens is 248 g/mol. The fourth-order valence-corrected chi connectivity index (χ4v) is 2.15. The number of hydrogen-bond acceptors (Lipinski definition) is 4. The Balaban J connectivity index is 2.49. The van der Waals surface area contributed by atoms with E-state index in [1.807, 2.05) is 0 Å². The molecule has 1 heterocycles. The molecule has 1 aliphatic rings. The molecule has 1 aromatic carbocycles. The minimum absolute atomic E-state index is 0.140. The molecule has 2 rings (SSSR count). The first-order valence-corrected chi connectivity index (χ1v) is 6.09. The van der Waals surface area contributed by atoms with Gasteiger partial charge in [-0.2, -0.15) is 0 Å². The van der Waals surface area contributed by atoms with Crippen molar-refractivity contribution < 1.29 is 19.4 Å². The van der Waals surface area contributed by atoms with Crippen molar-refractivity contribution in [1.82, 2.24) is 0 Å². The minimum atomic E-state index is -1.03. The van der Waals surface area contributed by atoms with Crippen molar-refractivity contribution in [3.63, 3.8) is 0 Å². The topological polar surface area (TPSA) is 92.9 Å². The fraction of sp³-hybridized carbons (Fsp3) is 0.385. The average molecular weight is 264 g/mol. The summed E-state index contributed by atoms with van der Waals surface area (Å²) in [5.41, 5.74) is 6.87. The first-order chi connectivity index (χ1) is 9.08. The Morgan fingerprint density at radius 1 is 1.58 bits per heavy atom. The number of carboxylic acids is 1. The first-order valence-electron chi connectivity index (χ1n) is 6.09. The molecule has 0 saturated heterocycles. The summed E-state index contributed by atoms with van der Waals surface area (Å²) in [5.74, 6) is -0.866. The van der Waals surface area contributed by atoms with Crippen LogP contribution in [-0.2, 0) is 16.1 Å². The van der Waals surface area contributed by atoms with E-state index in [-0.39, 0.29) is 12.5 Å². The number of hydrogen-bond donors (Lipinski definition) is 2. The molecule has 6 nitrogen and oxygen atoms in total. The third kappa shape index (κ3) is 2.39. The van der Waals surface area contributed by atoms with Crippen LogP contribution < -0.4 is 15.4 Å². The number of carbonyl (C=O) groups excluding carboxylic acids is 1. The highest BCUT2D eigenvalue weighted by Crippen LogP contribution is 2.34. The van der Waals surface area contributed by atoms with E-state index in [9.17, 15) is 14.7 Å². The summed E-state index contributed by atoms with van der Waals surface area (Å²) in [6.45, 7) is 1.91. The summed E-state index contributed by atoms with van der Waals surface area (Å²) in [7, 11) is 0. The number of benzene rings is 1. The van der Waals surface area contributed by atoms with Crippen LogP contribution in [-0.4, -0.2) is 29.6 Å². The zero-order valence-corrected chi connectivity index (χ0v) is 10.6. The van der Waals surface area contributed by atoms with Crippen LogP contribution in [0.5, 0.6) is 5.75 Å². The van der Waals surface area contributed by atoms with Gasteiger partial charge >= 0.3 is 5.97 Å². The number of nitrogens with zero attached hydrogens (tertiary/aromatic N) is 1. The van der Waals surface area contributed by atoms with Gasteiger partial charge in [0, 0.05) is 6.54 Å². The second-order valence-electron chi connectivity index (χ2n) is 4.32. The van der Waals surface area contributed by atoms with Crippen molar-refractivity contribution in [2.45, 2.75) is 25.9 Å². The van der Waals surface area contributed by atoms with Gasteiger partial charge < -0.3 is 15.6 Å². The van der Waals surface area contributed by atoms with Gasteiger partial charge in [0.15, 0.2) is 6.61 Å². The van der Waals surface area contributed by atoms with Gasteiger partial charge in [-0.1, -0.05) is 13.0 Å². The number of fused-ring (bicyclic) bond motifs is 1. The normalized spacial score (nSPS) is 15.7. The van der Waals surface area contributed by atoms with Crippen molar-refractivity contribution >= 4 is 17.6 Å². The monoisotopic (exact) mass is 264 g/mol. The number of carboxylic acid groups (broad SMARTS) is 1. The van der Waals surface area contributed by atoms with Gasteiger partial charge in [-0.05, 0) is 24.1 Å². The number of rotatable bonds is 4. The van der Waals surface area contributed by atoms with Crippen molar-refractivity contribution in [2.24, 2.45) is 5.73 Å². The molecule has 3 N–H and O–H groups in total. The molecule has 0 saturated carbocycles. The molecule has 0 fully saturated rings. The maximum absolute atomic E-state index is 12.0. The summed E-state index contributed by atoms with van der Waals surface area (Å²) >= 11 is 0. The molecule has 1 aromatic rings. The third-order valence-electron chi connectivity index (χ3n) is 3.12. The Hall–Kier alpha value is -2.08. The van der Waals surface area contributed by atoms with Crippen molar-refractivity contribution in [3.8, 4) is 5.75 Å². The molecule has 0 spiro atoms. The third-order valence-corrected chi connectivity index (χ3v) is 3.12. The standard InChI is InChI=1S/C13H16N2O4/c1-2-9(13(17)18)15-10-5-8(6-14)3-4-11(10)19-7-12(15)16/h3-5,9H,2,6-7,14H2,1H3,(H,17,18). The van der Waals surface area contributed by atoms with Crippen LogP contribution in [0, 0.1) is 0 Å². The van der Waals surface area contributed by atoms with Crippen LogP contribution in [0.3, 0.4) is 0 Å². The lowest BCUT2D eigenvalue weighted by Crippen LogP contribution is -2.49. The molecule has 19 heavy (non-hydrogen) atoms. The highest BCUT2D eigenvalue weighted by molar-refractivity contribution is 6.02. The number of nitrogens with two attached hydrogens (primary N) is 1. The number of ether oxygens (including phenoxy) is 1. The first kappa shape index (κ1) is 13.4. The van der Waals surface area contributed by atoms with Crippen LogP contribution in [0.1, 0.15) is 18.9 Å². The highest BCUT2D eigenvalue weighted by atomic mass is 16.5. The molecule has 0 aromatic heterocycles. The molecule has 1 amide bonds. The van der Waals surface area contributed by atoms with Crippen LogP contribution in [0.15, 0.2) is 18.2 Å². The lowest BCUT2D eigenvalue weighted by molar-refractivity contribution is -0.140. The molecule has 0 radical (unpaired) electrons. The summed E-state index contributed by atoms with van der Waals surface area (Å²) in [6, 6.07) is 4.33. The van der Waals surface area contributed by atoms with E-state index in [1.165, 1.54) is 4.90 Å². The van der Waals surface area contributed by atoms with Crippen LogP contribution in [0.25, 0.3) is 0 Å². The van der Waals surface area contributed by atoms with E-state index >= 15 is 0 Å². The van der Waals surface area contributed by atoms with Crippen molar-refractivity contribution in [1.29, 1.82) is 0 Å². The SMILES string of the molecule is CCC(C(=O)O)N1C(=O)COc2ccc(CN)cc21. The second kappa shape index (κ2) is 5.27. The van der Waals surface area contributed by atoms with Gasteiger partial charge in [-0.15, -0.1) is 0 Å². The number of aliphatic carboxylic acids is 1.